The second-order valence-corrected chi connectivity index (χ2v) is 7.20. The zero-order valence-corrected chi connectivity index (χ0v) is 16.9. The largest absolute Gasteiger partial charge is 0.457 e. The molecule has 0 aromatic heterocycles. The van der Waals surface area contributed by atoms with Crippen LogP contribution in [0.3, 0.4) is 0 Å². The number of ether oxygens (including phenoxy) is 2. The molecule has 3 aromatic rings. The molecule has 1 saturated heterocycles. The molecule has 7 nitrogen and oxygen atoms in total. The number of esters is 1. The number of nitro groups is 1. The van der Waals surface area contributed by atoms with Crippen molar-refractivity contribution in [1.29, 1.82) is 0 Å². The molecule has 0 saturated carbocycles. The fraction of sp³-hybridized carbons (Fsp3) is 0.208. The van der Waals surface area contributed by atoms with Gasteiger partial charge in [0.1, 0.15) is 12.3 Å². The summed E-state index contributed by atoms with van der Waals surface area (Å²) >= 11 is 0. The maximum Gasteiger partial charge on any atom is 0.338 e. The Balaban J connectivity index is 1.43. The van der Waals surface area contributed by atoms with Crippen LogP contribution < -0.4 is 4.90 Å². The second-order valence-electron chi connectivity index (χ2n) is 7.20. The third-order valence-electron chi connectivity index (χ3n) is 5.19. The molecular formula is C24H22N2O5. The predicted molar refractivity (Wildman–Crippen MR) is 117 cm³/mol. The van der Waals surface area contributed by atoms with Crippen molar-refractivity contribution in [2.75, 3.05) is 31.2 Å². The molecule has 0 aliphatic carbocycles. The van der Waals surface area contributed by atoms with Gasteiger partial charge in [0.05, 0.1) is 23.7 Å². The topological polar surface area (TPSA) is 81.9 Å². The Kier molecular flexibility index (Phi) is 6.24. The van der Waals surface area contributed by atoms with E-state index in [-0.39, 0.29) is 17.9 Å². The van der Waals surface area contributed by atoms with Crippen LogP contribution in [0.5, 0.6) is 0 Å². The van der Waals surface area contributed by atoms with Gasteiger partial charge in [-0.1, -0.05) is 54.6 Å². The average Bonchev–Trinajstić information content (AvgIpc) is 2.83. The Morgan fingerprint density at radius 3 is 2.32 bits per heavy atom. The highest BCUT2D eigenvalue weighted by molar-refractivity contribution is 5.91. The predicted octanol–water partition coefficient (Wildman–Crippen LogP) is 4.46. The van der Waals surface area contributed by atoms with E-state index in [1.165, 1.54) is 6.07 Å². The van der Waals surface area contributed by atoms with Crippen molar-refractivity contribution in [3.63, 3.8) is 0 Å². The number of nitrogens with zero attached hydrogens (tertiary/aromatic N) is 2. The van der Waals surface area contributed by atoms with Gasteiger partial charge in [-0.2, -0.15) is 0 Å². The number of hydrogen-bond acceptors (Lipinski definition) is 6. The lowest BCUT2D eigenvalue weighted by Crippen LogP contribution is -2.36. The standard InChI is InChI=1S/C24H22N2O5/c27-24(31-17-18-6-8-20(9-7-18)19-4-2-1-3-5-19)21-10-11-22(23(16-21)26(28)29)25-12-14-30-15-13-25/h1-11,16H,12-15,17H2. The molecule has 1 aliphatic rings. The van der Waals surface area contributed by atoms with E-state index in [0.717, 1.165) is 16.7 Å². The van der Waals surface area contributed by atoms with Gasteiger partial charge in [-0.05, 0) is 28.8 Å². The summed E-state index contributed by atoms with van der Waals surface area (Å²) in [5.74, 6) is -0.594. The number of anilines is 1. The summed E-state index contributed by atoms with van der Waals surface area (Å²) < 4.78 is 10.7. The van der Waals surface area contributed by atoms with Crippen LogP contribution in [0.1, 0.15) is 15.9 Å². The van der Waals surface area contributed by atoms with Gasteiger partial charge in [0, 0.05) is 19.2 Å². The van der Waals surface area contributed by atoms with Crippen LogP contribution in [0.15, 0.2) is 72.8 Å². The molecule has 0 bridgehead atoms. The molecule has 0 amide bonds. The molecule has 31 heavy (non-hydrogen) atoms. The number of benzene rings is 3. The van der Waals surface area contributed by atoms with Gasteiger partial charge < -0.3 is 14.4 Å². The van der Waals surface area contributed by atoms with Crippen molar-refractivity contribution in [2.45, 2.75) is 6.61 Å². The van der Waals surface area contributed by atoms with E-state index in [4.69, 9.17) is 9.47 Å². The number of carbonyl (C=O) groups is 1. The van der Waals surface area contributed by atoms with Crippen molar-refractivity contribution in [3.8, 4) is 11.1 Å². The molecule has 7 heteroatoms. The van der Waals surface area contributed by atoms with Crippen LogP contribution in [-0.2, 0) is 16.1 Å². The number of morpholine rings is 1. The molecule has 0 atom stereocenters. The van der Waals surface area contributed by atoms with E-state index in [9.17, 15) is 14.9 Å². The normalized spacial score (nSPS) is 13.6. The molecule has 4 rings (SSSR count). The molecule has 1 heterocycles. The molecule has 1 aliphatic heterocycles. The molecule has 0 N–H and O–H groups in total. The van der Waals surface area contributed by atoms with E-state index >= 15 is 0 Å². The van der Waals surface area contributed by atoms with Gasteiger partial charge in [0.15, 0.2) is 0 Å². The van der Waals surface area contributed by atoms with Gasteiger partial charge in [0.25, 0.3) is 5.69 Å². The maximum atomic E-state index is 12.5. The minimum absolute atomic E-state index is 0.0902. The fourth-order valence-corrected chi connectivity index (χ4v) is 3.52. The third-order valence-corrected chi connectivity index (χ3v) is 5.19. The zero-order valence-electron chi connectivity index (χ0n) is 16.9. The Labute approximate surface area is 180 Å². The van der Waals surface area contributed by atoms with Gasteiger partial charge >= 0.3 is 5.97 Å². The van der Waals surface area contributed by atoms with E-state index in [0.29, 0.717) is 32.0 Å². The highest BCUT2D eigenvalue weighted by Crippen LogP contribution is 2.30. The van der Waals surface area contributed by atoms with Gasteiger partial charge in [0.2, 0.25) is 0 Å². The monoisotopic (exact) mass is 418 g/mol. The Bertz CT molecular complexity index is 1060. The van der Waals surface area contributed by atoms with Crippen molar-refractivity contribution >= 4 is 17.3 Å². The van der Waals surface area contributed by atoms with Gasteiger partial charge in [-0.3, -0.25) is 10.1 Å². The molecular weight excluding hydrogens is 396 g/mol. The number of nitro benzene ring substituents is 1. The molecule has 0 radical (unpaired) electrons. The first kappa shape index (κ1) is 20.6. The first-order chi connectivity index (χ1) is 15.1. The summed E-state index contributed by atoms with van der Waals surface area (Å²) in [4.78, 5) is 25.5. The minimum Gasteiger partial charge on any atom is -0.457 e. The quantitative estimate of drug-likeness (QED) is 0.334. The summed E-state index contributed by atoms with van der Waals surface area (Å²) in [6, 6.07) is 22.2. The lowest BCUT2D eigenvalue weighted by molar-refractivity contribution is -0.384. The number of carbonyl (C=O) groups excluding carboxylic acids is 1. The van der Waals surface area contributed by atoms with E-state index in [1.807, 2.05) is 59.5 Å². The first-order valence-electron chi connectivity index (χ1n) is 10.0. The SMILES string of the molecule is O=C(OCc1ccc(-c2ccccc2)cc1)c1ccc(N2CCOCC2)c([N+](=O)[O-])c1. The van der Waals surface area contributed by atoms with Crippen molar-refractivity contribution in [1.82, 2.24) is 0 Å². The molecule has 1 fully saturated rings. The van der Waals surface area contributed by atoms with E-state index < -0.39 is 10.9 Å². The summed E-state index contributed by atoms with van der Waals surface area (Å²) in [5.41, 5.74) is 3.56. The van der Waals surface area contributed by atoms with Crippen LogP contribution in [-0.4, -0.2) is 37.2 Å². The summed E-state index contributed by atoms with van der Waals surface area (Å²) in [5, 5.41) is 11.6. The highest BCUT2D eigenvalue weighted by atomic mass is 16.6. The molecule has 0 spiro atoms. The first-order valence-corrected chi connectivity index (χ1v) is 10.0. The van der Waals surface area contributed by atoms with Crippen LogP contribution in [0.25, 0.3) is 11.1 Å². The molecule has 158 valence electrons. The Morgan fingerprint density at radius 2 is 1.65 bits per heavy atom. The fourth-order valence-electron chi connectivity index (χ4n) is 3.52. The minimum atomic E-state index is -0.594. The number of hydrogen-bond donors (Lipinski definition) is 0. The van der Waals surface area contributed by atoms with Gasteiger partial charge in [-0.15, -0.1) is 0 Å². The van der Waals surface area contributed by atoms with Gasteiger partial charge in [-0.25, -0.2) is 4.79 Å². The van der Waals surface area contributed by atoms with Crippen LogP contribution in [0.2, 0.25) is 0 Å². The smallest absolute Gasteiger partial charge is 0.338 e. The molecule has 0 unspecified atom stereocenters. The van der Waals surface area contributed by atoms with E-state index in [1.54, 1.807) is 12.1 Å². The lowest BCUT2D eigenvalue weighted by atomic mass is 10.0. The van der Waals surface area contributed by atoms with Crippen molar-refractivity contribution in [3.05, 3.63) is 94.0 Å². The Morgan fingerprint density at radius 1 is 0.968 bits per heavy atom. The van der Waals surface area contributed by atoms with Crippen LogP contribution in [0, 0.1) is 10.1 Å². The van der Waals surface area contributed by atoms with Crippen LogP contribution >= 0.6 is 0 Å². The zero-order chi connectivity index (χ0) is 21.6. The van der Waals surface area contributed by atoms with E-state index in [2.05, 4.69) is 0 Å². The second kappa shape index (κ2) is 9.40. The van der Waals surface area contributed by atoms with Crippen molar-refractivity contribution < 1.29 is 19.2 Å². The summed E-state index contributed by atoms with van der Waals surface area (Å²) in [6.07, 6.45) is 0. The van der Waals surface area contributed by atoms with Crippen molar-refractivity contribution in [2.24, 2.45) is 0 Å². The Hall–Kier alpha value is -3.71. The third kappa shape index (κ3) is 4.90. The lowest BCUT2D eigenvalue weighted by Gasteiger charge is -2.28. The van der Waals surface area contributed by atoms with Crippen LogP contribution in [0.4, 0.5) is 11.4 Å². The summed E-state index contributed by atoms with van der Waals surface area (Å²) in [6.45, 7) is 2.27. The summed E-state index contributed by atoms with van der Waals surface area (Å²) in [7, 11) is 0. The average molecular weight is 418 g/mol. The highest BCUT2D eigenvalue weighted by Gasteiger charge is 2.23. The number of rotatable bonds is 6. The molecule has 3 aromatic carbocycles. The maximum absolute atomic E-state index is 12.5.